The van der Waals surface area contributed by atoms with Gasteiger partial charge in [-0.05, 0) is 43.4 Å². The number of aromatic nitrogens is 1. The maximum atomic E-state index is 13.4. The average Bonchev–Trinajstić information content (AvgIpc) is 3.56. The fourth-order valence-electron chi connectivity index (χ4n) is 4.51. The van der Waals surface area contributed by atoms with E-state index in [1.54, 1.807) is 0 Å². The number of nitrogens with zero attached hydrogens (tertiary/aromatic N) is 3. The molecule has 2 aliphatic rings. The maximum absolute atomic E-state index is 13.4. The van der Waals surface area contributed by atoms with Crippen molar-refractivity contribution in [1.29, 1.82) is 0 Å². The van der Waals surface area contributed by atoms with Crippen molar-refractivity contribution in [2.75, 3.05) is 6.54 Å². The van der Waals surface area contributed by atoms with Gasteiger partial charge in [0.2, 0.25) is 5.91 Å². The van der Waals surface area contributed by atoms with E-state index in [0.717, 1.165) is 49.8 Å². The smallest absolute Gasteiger partial charge is 0.318 e. The molecule has 1 N–H and O–H groups in total. The molecular formula is C25H34N4O2. The van der Waals surface area contributed by atoms with Gasteiger partial charge in [-0.1, -0.05) is 49.6 Å². The standard InChI is InChI=1S/C25H34N4O2/c1-27-16-8-13-23(27)18-28(22-14-15-22)24(30)19-29(21-11-6-3-7-12-21)25(31)26-17-20-9-4-2-5-10-20/h2,4-5,8-10,13,16,21-22H,3,6-7,11-12,14-15,17-19H2,1H3,(H,26,31). The van der Waals surface area contributed by atoms with Crippen LogP contribution in [0.3, 0.4) is 0 Å². The minimum atomic E-state index is -0.126. The monoisotopic (exact) mass is 422 g/mol. The van der Waals surface area contributed by atoms with E-state index in [-0.39, 0.29) is 24.5 Å². The molecule has 1 aromatic heterocycles. The van der Waals surface area contributed by atoms with Crippen LogP contribution in [0.4, 0.5) is 4.79 Å². The number of hydrogen-bond donors (Lipinski definition) is 1. The zero-order chi connectivity index (χ0) is 21.6. The predicted octanol–water partition coefficient (Wildman–Crippen LogP) is 4.06. The van der Waals surface area contributed by atoms with Crippen LogP contribution in [-0.2, 0) is 24.9 Å². The molecule has 2 fully saturated rings. The molecule has 0 spiro atoms. The van der Waals surface area contributed by atoms with Crippen molar-refractivity contribution in [3.8, 4) is 0 Å². The molecular weight excluding hydrogens is 388 g/mol. The quantitative estimate of drug-likeness (QED) is 0.697. The number of carbonyl (C=O) groups is 2. The highest BCUT2D eigenvalue weighted by atomic mass is 16.2. The van der Waals surface area contributed by atoms with Crippen LogP contribution in [0.1, 0.15) is 56.2 Å². The molecule has 1 aromatic carbocycles. The SMILES string of the molecule is Cn1cccc1CN(C(=O)CN(C(=O)NCc1ccccc1)C1CCCCC1)C1CC1. The van der Waals surface area contributed by atoms with Crippen LogP contribution in [0.2, 0.25) is 0 Å². The lowest BCUT2D eigenvalue weighted by Crippen LogP contribution is -2.51. The molecule has 0 bridgehead atoms. The summed E-state index contributed by atoms with van der Waals surface area (Å²) in [7, 11) is 2.01. The van der Waals surface area contributed by atoms with Gasteiger partial charge in [-0.2, -0.15) is 0 Å². The lowest BCUT2D eigenvalue weighted by atomic mass is 9.94. The summed E-state index contributed by atoms with van der Waals surface area (Å²) in [6, 6.07) is 14.3. The van der Waals surface area contributed by atoms with E-state index in [0.29, 0.717) is 19.1 Å². The third kappa shape index (κ3) is 5.69. The molecule has 6 nitrogen and oxygen atoms in total. The molecule has 31 heavy (non-hydrogen) atoms. The minimum Gasteiger partial charge on any atom is -0.353 e. The van der Waals surface area contributed by atoms with Crippen molar-refractivity contribution in [2.24, 2.45) is 7.05 Å². The summed E-state index contributed by atoms with van der Waals surface area (Å²) in [5, 5.41) is 3.05. The van der Waals surface area contributed by atoms with Crippen molar-refractivity contribution in [3.63, 3.8) is 0 Å². The Morgan fingerprint density at radius 2 is 1.65 bits per heavy atom. The average molecular weight is 423 g/mol. The van der Waals surface area contributed by atoms with Crippen molar-refractivity contribution < 1.29 is 9.59 Å². The van der Waals surface area contributed by atoms with Crippen molar-refractivity contribution in [3.05, 3.63) is 59.9 Å². The molecule has 2 aromatic rings. The second kappa shape index (κ2) is 10.0. The van der Waals surface area contributed by atoms with Crippen LogP contribution < -0.4 is 5.32 Å². The van der Waals surface area contributed by atoms with Crippen LogP contribution in [0.15, 0.2) is 48.7 Å². The van der Waals surface area contributed by atoms with Gasteiger partial charge in [0.15, 0.2) is 0 Å². The van der Waals surface area contributed by atoms with Gasteiger partial charge in [0.1, 0.15) is 6.54 Å². The second-order valence-corrected chi connectivity index (χ2v) is 8.93. The van der Waals surface area contributed by atoms with Gasteiger partial charge in [0.25, 0.3) is 0 Å². The predicted molar refractivity (Wildman–Crippen MR) is 121 cm³/mol. The first-order chi connectivity index (χ1) is 15.1. The Hall–Kier alpha value is -2.76. The van der Waals surface area contributed by atoms with Gasteiger partial charge in [-0.25, -0.2) is 4.79 Å². The summed E-state index contributed by atoms with van der Waals surface area (Å²) in [6.07, 6.45) is 9.54. The Bertz CT molecular complexity index is 869. The second-order valence-electron chi connectivity index (χ2n) is 8.93. The summed E-state index contributed by atoms with van der Waals surface area (Å²) in [5.74, 6) is 0.0594. The van der Waals surface area contributed by atoms with Crippen molar-refractivity contribution in [1.82, 2.24) is 19.7 Å². The molecule has 0 radical (unpaired) electrons. The molecule has 0 unspecified atom stereocenters. The number of carbonyl (C=O) groups excluding carboxylic acids is 2. The largest absolute Gasteiger partial charge is 0.353 e. The number of nitrogens with one attached hydrogen (secondary N) is 1. The Morgan fingerprint density at radius 3 is 2.29 bits per heavy atom. The normalized spacial score (nSPS) is 16.7. The Morgan fingerprint density at radius 1 is 0.935 bits per heavy atom. The van der Waals surface area contributed by atoms with E-state index in [2.05, 4.69) is 16.0 Å². The van der Waals surface area contributed by atoms with Crippen LogP contribution >= 0.6 is 0 Å². The third-order valence-electron chi connectivity index (χ3n) is 6.56. The number of benzene rings is 1. The van der Waals surface area contributed by atoms with E-state index >= 15 is 0 Å². The Balaban J connectivity index is 1.44. The summed E-state index contributed by atoms with van der Waals surface area (Å²) < 4.78 is 2.06. The topological polar surface area (TPSA) is 57.6 Å². The maximum Gasteiger partial charge on any atom is 0.318 e. The van der Waals surface area contributed by atoms with E-state index in [1.165, 1.54) is 6.42 Å². The number of amides is 3. The molecule has 1 heterocycles. The van der Waals surface area contributed by atoms with Crippen molar-refractivity contribution in [2.45, 2.75) is 70.1 Å². The highest BCUT2D eigenvalue weighted by Gasteiger charge is 2.35. The van der Waals surface area contributed by atoms with E-state index in [9.17, 15) is 9.59 Å². The van der Waals surface area contributed by atoms with Crippen LogP contribution in [0, 0.1) is 0 Å². The lowest BCUT2D eigenvalue weighted by molar-refractivity contribution is -0.133. The summed E-state index contributed by atoms with van der Waals surface area (Å²) in [6.45, 7) is 1.25. The zero-order valence-electron chi connectivity index (χ0n) is 18.5. The molecule has 2 saturated carbocycles. The number of hydrogen-bond acceptors (Lipinski definition) is 2. The van der Waals surface area contributed by atoms with Gasteiger partial charge < -0.3 is 19.7 Å². The number of urea groups is 1. The zero-order valence-corrected chi connectivity index (χ0v) is 18.5. The van der Waals surface area contributed by atoms with Crippen LogP contribution in [0.5, 0.6) is 0 Å². The molecule has 3 amide bonds. The van der Waals surface area contributed by atoms with E-state index < -0.39 is 0 Å². The first-order valence-corrected chi connectivity index (χ1v) is 11.6. The summed E-state index contributed by atoms with van der Waals surface area (Å²) in [4.78, 5) is 30.4. The lowest BCUT2D eigenvalue weighted by Gasteiger charge is -2.35. The highest BCUT2D eigenvalue weighted by Crippen LogP contribution is 2.29. The first-order valence-electron chi connectivity index (χ1n) is 11.6. The molecule has 2 aliphatic carbocycles. The number of rotatable bonds is 8. The van der Waals surface area contributed by atoms with Crippen LogP contribution in [-0.4, -0.2) is 44.9 Å². The summed E-state index contributed by atoms with van der Waals surface area (Å²) >= 11 is 0. The molecule has 4 rings (SSSR count). The molecule has 6 heteroatoms. The van der Waals surface area contributed by atoms with Gasteiger partial charge in [-0.15, -0.1) is 0 Å². The Labute approximate surface area is 185 Å². The van der Waals surface area contributed by atoms with E-state index in [4.69, 9.17) is 0 Å². The summed E-state index contributed by atoms with van der Waals surface area (Å²) in [5.41, 5.74) is 2.19. The third-order valence-corrected chi connectivity index (χ3v) is 6.56. The first kappa shape index (κ1) is 21.5. The molecule has 166 valence electrons. The van der Waals surface area contributed by atoms with Gasteiger partial charge in [0.05, 0.1) is 6.54 Å². The highest BCUT2D eigenvalue weighted by molar-refractivity contribution is 5.84. The number of aryl methyl sites for hydroxylation is 1. The van der Waals surface area contributed by atoms with Crippen LogP contribution in [0.25, 0.3) is 0 Å². The fraction of sp³-hybridized carbons (Fsp3) is 0.520. The van der Waals surface area contributed by atoms with Gasteiger partial charge in [-0.3, -0.25) is 4.79 Å². The molecule has 0 saturated heterocycles. The van der Waals surface area contributed by atoms with Gasteiger partial charge in [0, 0.05) is 37.6 Å². The fourth-order valence-corrected chi connectivity index (χ4v) is 4.51. The molecule has 0 aliphatic heterocycles. The molecule has 0 atom stereocenters. The Kier molecular flexibility index (Phi) is 6.95. The van der Waals surface area contributed by atoms with Crippen molar-refractivity contribution >= 4 is 11.9 Å². The van der Waals surface area contributed by atoms with E-state index in [1.807, 2.05) is 59.4 Å². The van der Waals surface area contributed by atoms with Gasteiger partial charge >= 0.3 is 6.03 Å². The minimum absolute atomic E-state index is 0.0594.